The van der Waals surface area contributed by atoms with Gasteiger partial charge in [0.15, 0.2) is 11.2 Å². The van der Waals surface area contributed by atoms with Gasteiger partial charge in [-0.2, -0.15) is 4.98 Å². The largest absolute Gasteiger partial charge is 0.341 e. The molecule has 3 aromatic heterocycles. The summed E-state index contributed by atoms with van der Waals surface area (Å²) < 4.78 is 4.52. The van der Waals surface area contributed by atoms with Crippen molar-refractivity contribution in [2.75, 3.05) is 18.0 Å². The number of hydrogen-bond acceptors (Lipinski definition) is 7. The zero-order valence-electron chi connectivity index (χ0n) is 22.1. The van der Waals surface area contributed by atoms with E-state index in [4.69, 9.17) is 15.7 Å². The van der Waals surface area contributed by atoms with Crippen LogP contribution in [0, 0.1) is 11.8 Å². The second-order valence-electron chi connectivity index (χ2n) is 10.0. The van der Waals surface area contributed by atoms with Crippen molar-refractivity contribution in [3.05, 3.63) is 80.3 Å². The van der Waals surface area contributed by atoms with Crippen molar-refractivity contribution in [2.24, 2.45) is 17.8 Å². The molecule has 10 heteroatoms. The molecule has 2 N–H and O–H groups in total. The zero-order valence-corrected chi connectivity index (χ0v) is 22.1. The summed E-state index contributed by atoms with van der Waals surface area (Å²) in [4.78, 5) is 44.0. The van der Waals surface area contributed by atoms with E-state index in [9.17, 15) is 9.59 Å². The number of nitrogens with two attached hydrogens (primary N) is 1. The summed E-state index contributed by atoms with van der Waals surface area (Å²) in [5.74, 6) is 6.61. The first kappa shape index (κ1) is 24.8. The van der Waals surface area contributed by atoms with Crippen LogP contribution in [0.25, 0.3) is 11.2 Å². The third-order valence-corrected chi connectivity index (χ3v) is 7.48. The lowest BCUT2D eigenvalue weighted by molar-refractivity contribution is 0.496. The lowest BCUT2D eigenvalue weighted by Gasteiger charge is -2.31. The van der Waals surface area contributed by atoms with Crippen LogP contribution in [0.5, 0.6) is 0 Å². The summed E-state index contributed by atoms with van der Waals surface area (Å²) in [6, 6.07) is 11.7. The molecular formula is C29H30N8O2. The molecule has 0 amide bonds. The van der Waals surface area contributed by atoms with Crippen LogP contribution in [0.1, 0.15) is 36.6 Å². The van der Waals surface area contributed by atoms with Gasteiger partial charge in [-0.1, -0.05) is 30.2 Å². The van der Waals surface area contributed by atoms with Gasteiger partial charge in [0.2, 0.25) is 5.95 Å². The monoisotopic (exact) mass is 522 g/mol. The first-order valence-electron chi connectivity index (χ1n) is 13.2. The highest BCUT2D eigenvalue weighted by Crippen LogP contribution is 2.28. The van der Waals surface area contributed by atoms with Crippen molar-refractivity contribution < 1.29 is 0 Å². The van der Waals surface area contributed by atoms with E-state index < -0.39 is 11.2 Å². The molecule has 1 saturated heterocycles. The van der Waals surface area contributed by atoms with Crippen LogP contribution < -0.4 is 21.9 Å². The lowest BCUT2D eigenvalue weighted by atomic mass is 10.00. The number of imidazole rings is 1. The van der Waals surface area contributed by atoms with Gasteiger partial charge in [0, 0.05) is 44.4 Å². The highest BCUT2D eigenvalue weighted by atomic mass is 16.2. The van der Waals surface area contributed by atoms with Gasteiger partial charge in [-0.25, -0.2) is 9.79 Å². The van der Waals surface area contributed by atoms with Crippen LogP contribution in [0.4, 0.5) is 11.6 Å². The fourth-order valence-corrected chi connectivity index (χ4v) is 5.52. The Kier molecular flexibility index (Phi) is 6.37. The van der Waals surface area contributed by atoms with Crippen LogP contribution in [0.15, 0.2) is 57.2 Å². The number of hydrogen-bond donors (Lipinski definition) is 1. The summed E-state index contributed by atoms with van der Waals surface area (Å²) in [6.45, 7) is 3.47. The third-order valence-electron chi connectivity index (χ3n) is 7.48. The second-order valence-corrected chi connectivity index (χ2v) is 10.0. The molecule has 10 nitrogen and oxygen atoms in total. The Morgan fingerprint density at radius 1 is 1.13 bits per heavy atom. The number of benzene rings is 1. The summed E-state index contributed by atoms with van der Waals surface area (Å²) in [6.07, 6.45) is 4.25. The lowest BCUT2D eigenvalue weighted by Crippen LogP contribution is -2.44. The molecule has 0 spiro atoms. The summed E-state index contributed by atoms with van der Waals surface area (Å²) in [5, 5.41) is 0. The fraction of sp³-hybridized carbons (Fsp3) is 0.345. The maximum absolute atomic E-state index is 14.1. The fourth-order valence-electron chi connectivity index (χ4n) is 5.52. The average Bonchev–Trinajstić information content (AvgIpc) is 3.25. The normalized spacial score (nSPS) is 16.6. The Balaban J connectivity index is 1.54. The maximum Gasteiger partial charge on any atom is 0.332 e. The van der Waals surface area contributed by atoms with Crippen molar-refractivity contribution in [1.29, 1.82) is 0 Å². The number of pyridine rings is 1. The number of anilines is 1. The molecular weight excluding hydrogens is 492 g/mol. The number of rotatable bonds is 4. The summed E-state index contributed by atoms with van der Waals surface area (Å²) in [5.41, 5.74) is 10.3. The van der Waals surface area contributed by atoms with Gasteiger partial charge in [-0.15, -0.1) is 5.92 Å². The molecule has 39 heavy (non-hydrogen) atoms. The van der Waals surface area contributed by atoms with E-state index in [1.165, 1.54) is 9.13 Å². The van der Waals surface area contributed by atoms with E-state index in [1.54, 1.807) is 20.2 Å². The molecule has 1 atom stereocenters. The Labute approximate surface area is 225 Å². The zero-order chi connectivity index (χ0) is 27.1. The predicted molar refractivity (Wildman–Crippen MR) is 152 cm³/mol. The van der Waals surface area contributed by atoms with Crippen molar-refractivity contribution >= 4 is 28.5 Å². The first-order valence-corrected chi connectivity index (χ1v) is 13.2. The molecule has 1 aromatic carbocycles. The molecule has 0 saturated carbocycles. The predicted octanol–water partition coefficient (Wildman–Crippen LogP) is 1.97. The number of aryl methyl sites for hydroxylation is 1. The number of aliphatic imine (C=N–C) groups is 1. The highest BCUT2D eigenvalue weighted by molar-refractivity contribution is 6.04. The van der Waals surface area contributed by atoms with Crippen LogP contribution in [-0.2, 0) is 26.6 Å². The minimum Gasteiger partial charge on any atom is -0.341 e. The van der Waals surface area contributed by atoms with Gasteiger partial charge >= 0.3 is 5.69 Å². The van der Waals surface area contributed by atoms with Crippen LogP contribution in [-0.4, -0.2) is 48.5 Å². The molecule has 4 aromatic rings. The molecule has 0 bridgehead atoms. The van der Waals surface area contributed by atoms with Gasteiger partial charge in [0.05, 0.1) is 30.2 Å². The maximum atomic E-state index is 14.1. The van der Waals surface area contributed by atoms with E-state index in [0.717, 1.165) is 41.9 Å². The van der Waals surface area contributed by atoms with Gasteiger partial charge in [0.1, 0.15) is 0 Å². The Bertz CT molecular complexity index is 1800. The minimum absolute atomic E-state index is 0.0152. The number of aromatic nitrogens is 5. The van der Waals surface area contributed by atoms with Gasteiger partial charge in [-0.3, -0.25) is 23.5 Å². The average molecular weight is 523 g/mol. The number of piperidine rings is 1. The van der Waals surface area contributed by atoms with E-state index in [-0.39, 0.29) is 19.1 Å². The third kappa shape index (κ3) is 4.34. The standard InChI is InChI=1S/C29H30N8O2/c1-3-4-15-36-25-26(33-28(36)35-14-8-10-20(30)17-35)34(2)29(39)37(27(25)38)18-24-21-11-6-5-9-19(21)16-23-22(32-24)12-7-13-31-23/h5-7,9,11-13,20H,8,10,14-18,30H2,1-2H3. The molecule has 6 rings (SSSR count). The van der Waals surface area contributed by atoms with Crippen molar-refractivity contribution in [3.63, 3.8) is 0 Å². The van der Waals surface area contributed by atoms with E-state index >= 15 is 0 Å². The quantitative estimate of drug-likeness (QED) is 0.410. The molecule has 2 aliphatic heterocycles. The smallest absolute Gasteiger partial charge is 0.332 e. The molecule has 198 valence electrons. The number of fused-ring (bicyclic) bond motifs is 3. The van der Waals surface area contributed by atoms with E-state index in [2.05, 4.69) is 21.7 Å². The van der Waals surface area contributed by atoms with Crippen LogP contribution in [0.3, 0.4) is 0 Å². The van der Waals surface area contributed by atoms with E-state index in [0.29, 0.717) is 35.8 Å². The van der Waals surface area contributed by atoms with E-state index in [1.807, 2.05) is 41.0 Å². The molecule has 2 aliphatic rings. The molecule has 5 heterocycles. The van der Waals surface area contributed by atoms with Gasteiger partial charge in [0.25, 0.3) is 5.56 Å². The summed E-state index contributed by atoms with van der Waals surface area (Å²) >= 11 is 0. The molecule has 1 unspecified atom stereocenters. The Morgan fingerprint density at radius 2 is 1.97 bits per heavy atom. The SMILES string of the molecule is CC#CCn1c(N2CCCC(N)C2)nc2c1c(=O)n(CC1=Nc3cccnc3Cc3ccccc31)c(=O)n2C. The van der Waals surface area contributed by atoms with Crippen molar-refractivity contribution in [3.8, 4) is 11.8 Å². The van der Waals surface area contributed by atoms with Gasteiger partial charge in [-0.05, 0) is 37.5 Å². The molecule has 1 fully saturated rings. The van der Waals surface area contributed by atoms with Crippen molar-refractivity contribution in [2.45, 2.75) is 45.3 Å². The topological polar surface area (TPSA) is 116 Å². The Morgan fingerprint density at radius 3 is 2.79 bits per heavy atom. The van der Waals surface area contributed by atoms with Gasteiger partial charge < -0.3 is 10.6 Å². The highest BCUT2D eigenvalue weighted by Gasteiger charge is 2.27. The summed E-state index contributed by atoms with van der Waals surface area (Å²) in [7, 11) is 1.65. The second kappa shape index (κ2) is 10.0. The molecule has 0 radical (unpaired) electrons. The minimum atomic E-state index is -0.448. The number of nitrogens with zero attached hydrogens (tertiary/aromatic N) is 7. The van der Waals surface area contributed by atoms with Crippen molar-refractivity contribution in [1.82, 2.24) is 23.7 Å². The first-order chi connectivity index (χ1) is 19.0. The van der Waals surface area contributed by atoms with Crippen LogP contribution in [0.2, 0.25) is 0 Å². The van der Waals surface area contributed by atoms with Crippen LogP contribution >= 0.6 is 0 Å². The molecule has 0 aliphatic carbocycles. The Hall–Kier alpha value is -4.49.